The third kappa shape index (κ3) is 7.47. The molecule has 0 radical (unpaired) electrons. The number of amides is 1. The lowest BCUT2D eigenvalue weighted by molar-refractivity contribution is -0.130. The largest absolute Gasteiger partial charge is 0.390 e. The van der Waals surface area contributed by atoms with Gasteiger partial charge in [-0.3, -0.25) is 4.79 Å². The quantitative estimate of drug-likeness (QED) is 0.672. The van der Waals surface area contributed by atoms with E-state index in [1.807, 2.05) is 36.4 Å². The number of halogens is 1. The number of rotatable bonds is 8. The maximum atomic E-state index is 12.1. The van der Waals surface area contributed by atoms with Crippen molar-refractivity contribution in [1.82, 2.24) is 5.32 Å². The Bertz CT molecular complexity index is 514. The van der Waals surface area contributed by atoms with Crippen LogP contribution in [0.4, 0.5) is 0 Å². The summed E-state index contributed by atoms with van der Waals surface area (Å²) >= 11 is 0. The van der Waals surface area contributed by atoms with Crippen LogP contribution in [0, 0.1) is 16.7 Å². The normalized spacial score (nSPS) is 13.3. The minimum atomic E-state index is -0.809. The molecule has 1 amide bonds. The first-order chi connectivity index (χ1) is 10.4. The third-order valence-electron chi connectivity index (χ3n) is 3.76. The van der Waals surface area contributed by atoms with E-state index in [1.165, 1.54) is 0 Å². The second-order valence-corrected chi connectivity index (χ2v) is 6.17. The molecule has 128 valence electrons. The zero-order valence-corrected chi connectivity index (χ0v) is 14.5. The van der Waals surface area contributed by atoms with Crippen LogP contribution < -0.4 is 11.1 Å². The minimum Gasteiger partial charge on any atom is -0.390 e. The van der Waals surface area contributed by atoms with Crippen molar-refractivity contribution in [3.05, 3.63) is 35.9 Å². The second-order valence-electron chi connectivity index (χ2n) is 6.17. The van der Waals surface area contributed by atoms with Crippen molar-refractivity contribution in [2.24, 2.45) is 11.1 Å². The fraction of sp³-hybridized carbons (Fsp3) is 0.529. The van der Waals surface area contributed by atoms with Crippen LogP contribution in [0.2, 0.25) is 0 Å². The van der Waals surface area contributed by atoms with Gasteiger partial charge in [-0.05, 0) is 18.4 Å². The lowest BCUT2D eigenvalue weighted by atomic mass is 9.87. The van der Waals surface area contributed by atoms with E-state index in [4.69, 9.17) is 11.0 Å². The first-order valence-electron chi connectivity index (χ1n) is 7.49. The number of hydrogen-bond acceptors (Lipinski definition) is 4. The van der Waals surface area contributed by atoms with Gasteiger partial charge in [0.15, 0.2) is 0 Å². The lowest BCUT2D eigenvalue weighted by Gasteiger charge is -2.25. The molecule has 5 nitrogen and oxygen atoms in total. The molecule has 0 saturated carbocycles. The number of aliphatic hydroxyl groups is 1. The molecule has 1 aromatic rings. The average molecular weight is 340 g/mol. The number of nitrogens with one attached hydrogen (secondary N) is 1. The van der Waals surface area contributed by atoms with Gasteiger partial charge in [0.1, 0.15) is 0 Å². The van der Waals surface area contributed by atoms with Crippen LogP contribution in [0.5, 0.6) is 0 Å². The molecule has 0 aliphatic carbocycles. The molecule has 0 saturated heterocycles. The van der Waals surface area contributed by atoms with Crippen molar-refractivity contribution in [3.63, 3.8) is 0 Å². The maximum absolute atomic E-state index is 12.1. The third-order valence-corrected chi connectivity index (χ3v) is 3.76. The van der Waals surface area contributed by atoms with Crippen molar-refractivity contribution >= 4 is 18.3 Å². The summed E-state index contributed by atoms with van der Waals surface area (Å²) in [5.41, 5.74) is 6.41. The smallest absolute Gasteiger partial charge is 0.225 e. The minimum absolute atomic E-state index is 0. The highest BCUT2D eigenvalue weighted by Crippen LogP contribution is 2.22. The molecule has 23 heavy (non-hydrogen) atoms. The first kappa shape index (κ1) is 21.4. The Hall–Kier alpha value is -1.61. The zero-order chi connectivity index (χ0) is 16.6. The number of aliphatic hydroxyl groups excluding tert-OH is 1. The summed E-state index contributed by atoms with van der Waals surface area (Å²) in [5, 5.41) is 21.4. The Balaban J connectivity index is 0.00000484. The van der Waals surface area contributed by atoms with Crippen LogP contribution in [0.15, 0.2) is 30.3 Å². The van der Waals surface area contributed by atoms with Crippen molar-refractivity contribution in [3.8, 4) is 6.07 Å². The van der Waals surface area contributed by atoms with Gasteiger partial charge >= 0.3 is 0 Å². The number of nitrogens with two attached hydrogens (primary N) is 1. The monoisotopic (exact) mass is 339 g/mol. The van der Waals surface area contributed by atoms with E-state index in [-0.39, 0.29) is 24.9 Å². The molecule has 1 rings (SSSR count). The van der Waals surface area contributed by atoms with Crippen LogP contribution >= 0.6 is 12.4 Å². The standard InChI is InChI=1S/C17H25N3O2.ClH/c1-17(2,9-6-10-18)16(22)20-12-15(21)14(19)11-13-7-4-3-5-8-13;/h3-5,7-8,14-15,21H,6,9,11-12,19H2,1-2H3,(H,20,22);1H/t14-,15+;/m0./s1. The van der Waals surface area contributed by atoms with Crippen molar-refractivity contribution in [2.45, 2.75) is 45.3 Å². The van der Waals surface area contributed by atoms with E-state index in [0.717, 1.165) is 5.56 Å². The molecule has 4 N–H and O–H groups in total. The molecule has 0 aromatic heterocycles. The van der Waals surface area contributed by atoms with Gasteiger partial charge in [0.2, 0.25) is 5.91 Å². The highest BCUT2D eigenvalue weighted by molar-refractivity contribution is 5.85. The Kier molecular flexibility index (Phi) is 9.50. The van der Waals surface area contributed by atoms with Crippen LogP contribution in [-0.4, -0.2) is 29.7 Å². The molecule has 0 aliphatic heterocycles. The van der Waals surface area contributed by atoms with E-state index in [2.05, 4.69) is 5.32 Å². The van der Waals surface area contributed by atoms with E-state index in [0.29, 0.717) is 19.3 Å². The van der Waals surface area contributed by atoms with Crippen LogP contribution in [0.3, 0.4) is 0 Å². The number of nitrogens with zero attached hydrogens (tertiary/aromatic N) is 1. The topological polar surface area (TPSA) is 99.1 Å². The number of nitriles is 1. The Labute approximate surface area is 144 Å². The van der Waals surface area contributed by atoms with Gasteiger partial charge in [-0.1, -0.05) is 44.2 Å². The van der Waals surface area contributed by atoms with E-state index in [1.54, 1.807) is 13.8 Å². The van der Waals surface area contributed by atoms with Crippen LogP contribution in [0.25, 0.3) is 0 Å². The average Bonchev–Trinajstić information content (AvgIpc) is 2.51. The van der Waals surface area contributed by atoms with Gasteiger partial charge < -0.3 is 16.2 Å². The van der Waals surface area contributed by atoms with Crippen LogP contribution in [-0.2, 0) is 11.2 Å². The highest BCUT2D eigenvalue weighted by Gasteiger charge is 2.27. The van der Waals surface area contributed by atoms with Crippen molar-refractivity contribution in [1.29, 1.82) is 5.26 Å². The molecule has 6 heteroatoms. The van der Waals surface area contributed by atoms with E-state index in [9.17, 15) is 9.90 Å². The van der Waals surface area contributed by atoms with E-state index < -0.39 is 17.6 Å². The summed E-state index contributed by atoms with van der Waals surface area (Å²) in [5.74, 6) is -0.172. The van der Waals surface area contributed by atoms with Crippen molar-refractivity contribution in [2.75, 3.05) is 6.54 Å². The molecular formula is C17H26ClN3O2. The number of benzene rings is 1. The molecule has 2 atom stereocenters. The summed E-state index contributed by atoms with van der Waals surface area (Å²) in [6, 6.07) is 11.3. The fourth-order valence-corrected chi connectivity index (χ4v) is 2.09. The summed E-state index contributed by atoms with van der Waals surface area (Å²) in [6.07, 6.45) is 0.559. The molecule has 0 aliphatic rings. The highest BCUT2D eigenvalue weighted by atomic mass is 35.5. The predicted octanol–water partition coefficient (Wildman–Crippen LogP) is 1.79. The molecule has 0 bridgehead atoms. The number of carbonyl (C=O) groups is 1. The van der Waals surface area contributed by atoms with Gasteiger partial charge in [-0.25, -0.2) is 0 Å². The van der Waals surface area contributed by atoms with E-state index >= 15 is 0 Å². The number of carbonyl (C=O) groups excluding carboxylic acids is 1. The fourth-order valence-electron chi connectivity index (χ4n) is 2.09. The lowest BCUT2D eigenvalue weighted by Crippen LogP contribution is -2.47. The van der Waals surface area contributed by atoms with Gasteiger partial charge in [-0.2, -0.15) is 5.26 Å². The van der Waals surface area contributed by atoms with Gasteiger partial charge in [0.05, 0.1) is 12.2 Å². The Morgan fingerprint density at radius 3 is 2.57 bits per heavy atom. The summed E-state index contributed by atoms with van der Waals surface area (Å²) in [7, 11) is 0. The van der Waals surface area contributed by atoms with Gasteiger partial charge in [0.25, 0.3) is 0 Å². The Morgan fingerprint density at radius 2 is 2.00 bits per heavy atom. The molecule has 0 unspecified atom stereocenters. The summed E-state index contributed by atoms with van der Waals surface area (Å²) in [4.78, 5) is 12.1. The molecule has 0 fully saturated rings. The van der Waals surface area contributed by atoms with Crippen molar-refractivity contribution < 1.29 is 9.90 Å². The summed E-state index contributed by atoms with van der Waals surface area (Å²) < 4.78 is 0. The zero-order valence-electron chi connectivity index (χ0n) is 13.7. The SMILES string of the molecule is CC(C)(CCC#N)C(=O)NC[C@@H](O)[C@@H](N)Cc1ccccc1.Cl. The summed E-state index contributed by atoms with van der Waals surface area (Å²) in [6.45, 7) is 3.69. The molecule has 1 aromatic carbocycles. The Morgan fingerprint density at radius 1 is 1.39 bits per heavy atom. The van der Waals surface area contributed by atoms with Gasteiger partial charge in [0, 0.05) is 24.4 Å². The second kappa shape index (κ2) is 10.2. The molecular weight excluding hydrogens is 314 g/mol. The predicted molar refractivity (Wildman–Crippen MR) is 93.0 cm³/mol. The molecule has 0 heterocycles. The first-order valence-corrected chi connectivity index (χ1v) is 7.49. The van der Waals surface area contributed by atoms with Crippen LogP contribution in [0.1, 0.15) is 32.3 Å². The van der Waals surface area contributed by atoms with Gasteiger partial charge in [-0.15, -0.1) is 12.4 Å². The number of hydrogen-bond donors (Lipinski definition) is 3. The maximum Gasteiger partial charge on any atom is 0.225 e. The molecule has 0 spiro atoms.